The van der Waals surface area contributed by atoms with Gasteiger partial charge in [-0.2, -0.15) is 5.10 Å². The summed E-state index contributed by atoms with van der Waals surface area (Å²) in [5.41, 5.74) is 4.38. The Bertz CT molecular complexity index is 427. The van der Waals surface area contributed by atoms with E-state index in [1.807, 2.05) is 24.3 Å². The molecule has 0 spiro atoms. The van der Waals surface area contributed by atoms with Gasteiger partial charge in [0.15, 0.2) is 0 Å². The predicted octanol–water partition coefficient (Wildman–Crippen LogP) is 1.70. The van der Waals surface area contributed by atoms with Crippen molar-refractivity contribution in [2.75, 3.05) is 6.61 Å². The van der Waals surface area contributed by atoms with Crippen LogP contribution in [0.5, 0.6) is 5.75 Å². The van der Waals surface area contributed by atoms with Crippen LogP contribution in [0.3, 0.4) is 0 Å². The van der Waals surface area contributed by atoms with Crippen LogP contribution in [-0.4, -0.2) is 18.2 Å². The Hall–Kier alpha value is -1.84. The standard InChI is InChI=1S/C12H14N2O2/c1-2-12(15)14-13-10-7-8-16-11-6-4-3-5-9(10)11/h3-6H,2,7-8H2,1H3,(H,14,15)/b13-10-. The second-order valence-corrected chi connectivity index (χ2v) is 3.54. The Balaban J connectivity index is 2.21. The monoisotopic (exact) mass is 218 g/mol. The zero-order chi connectivity index (χ0) is 11.4. The molecule has 0 atom stereocenters. The average molecular weight is 218 g/mol. The largest absolute Gasteiger partial charge is 0.492 e. The fourth-order valence-corrected chi connectivity index (χ4v) is 1.55. The van der Waals surface area contributed by atoms with E-state index in [4.69, 9.17) is 4.74 Å². The van der Waals surface area contributed by atoms with Gasteiger partial charge in [0.1, 0.15) is 5.75 Å². The van der Waals surface area contributed by atoms with Crippen LogP contribution in [0, 0.1) is 0 Å². The maximum Gasteiger partial charge on any atom is 0.239 e. The second kappa shape index (κ2) is 4.79. The predicted molar refractivity (Wildman–Crippen MR) is 61.5 cm³/mol. The summed E-state index contributed by atoms with van der Waals surface area (Å²) in [4.78, 5) is 11.1. The lowest BCUT2D eigenvalue weighted by molar-refractivity contribution is -0.120. The number of hydrogen-bond acceptors (Lipinski definition) is 3. The zero-order valence-corrected chi connectivity index (χ0v) is 9.19. The highest BCUT2D eigenvalue weighted by Crippen LogP contribution is 2.24. The number of hydrogen-bond donors (Lipinski definition) is 1. The van der Waals surface area contributed by atoms with Gasteiger partial charge in [0, 0.05) is 18.4 Å². The Morgan fingerprint density at radius 1 is 1.50 bits per heavy atom. The third-order valence-corrected chi connectivity index (χ3v) is 2.43. The van der Waals surface area contributed by atoms with Crippen molar-refractivity contribution in [2.24, 2.45) is 5.10 Å². The van der Waals surface area contributed by atoms with Crippen LogP contribution in [0.2, 0.25) is 0 Å². The Morgan fingerprint density at radius 3 is 3.12 bits per heavy atom. The molecule has 1 aromatic rings. The van der Waals surface area contributed by atoms with Gasteiger partial charge in [-0.3, -0.25) is 4.79 Å². The lowest BCUT2D eigenvalue weighted by Gasteiger charge is -2.18. The first-order chi connectivity index (χ1) is 7.81. The van der Waals surface area contributed by atoms with E-state index < -0.39 is 0 Å². The number of carbonyl (C=O) groups excluding carboxylic acids is 1. The number of benzene rings is 1. The van der Waals surface area contributed by atoms with Gasteiger partial charge in [-0.25, -0.2) is 5.43 Å². The van der Waals surface area contributed by atoms with Gasteiger partial charge < -0.3 is 4.74 Å². The van der Waals surface area contributed by atoms with Gasteiger partial charge in [0.2, 0.25) is 5.91 Å². The molecule has 2 rings (SSSR count). The summed E-state index contributed by atoms with van der Waals surface area (Å²) < 4.78 is 5.49. The maximum absolute atomic E-state index is 11.1. The third kappa shape index (κ3) is 2.21. The van der Waals surface area contributed by atoms with Crippen LogP contribution in [0.1, 0.15) is 25.3 Å². The van der Waals surface area contributed by atoms with E-state index in [-0.39, 0.29) is 5.91 Å². The van der Waals surface area contributed by atoms with Gasteiger partial charge >= 0.3 is 0 Å². The summed E-state index contributed by atoms with van der Waals surface area (Å²) in [6.45, 7) is 2.41. The Labute approximate surface area is 94.3 Å². The topological polar surface area (TPSA) is 50.7 Å². The maximum atomic E-state index is 11.1. The van der Waals surface area contributed by atoms with E-state index in [2.05, 4.69) is 10.5 Å². The van der Waals surface area contributed by atoms with Crippen LogP contribution in [0.4, 0.5) is 0 Å². The van der Waals surface area contributed by atoms with E-state index in [1.165, 1.54) is 0 Å². The van der Waals surface area contributed by atoms with E-state index >= 15 is 0 Å². The molecule has 1 amide bonds. The van der Waals surface area contributed by atoms with Crippen LogP contribution in [0.25, 0.3) is 0 Å². The van der Waals surface area contributed by atoms with Gasteiger partial charge in [-0.05, 0) is 12.1 Å². The van der Waals surface area contributed by atoms with E-state index in [1.54, 1.807) is 6.92 Å². The molecule has 0 fully saturated rings. The van der Waals surface area contributed by atoms with Crippen LogP contribution < -0.4 is 10.2 Å². The first-order valence-corrected chi connectivity index (χ1v) is 5.39. The third-order valence-electron chi connectivity index (χ3n) is 2.43. The molecule has 1 aliphatic heterocycles. The highest BCUT2D eigenvalue weighted by Gasteiger charge is 2.15. The summed E-state index contributed by atoms with van der Waals surface area (Å²) in [7, 11) is 0. The highest BCUT2D eigenvalue weighted by molar-refractivity contribution is 6.04. The Kier molecular flexibility index (Phi) is 3.19. The van der Waals surface area contributed by atoms with E-state index in [9.17, 15) is 4.79 Å². The van der Waals surface area contributed by atoms with Crippen LogP contribution in [-0.2, 0) is 4.79 Å². The molecule has 0 unspecified atom stereocenters. The normalized spacial score (nSPS) is 16.4. The zero-order valence-electron chi connectivity index (χ0n) is 9.19. The second-order valence-electron chi connectivity index (χ2n) is 3.54. The Morgan fingerprint density at radius 2 is 2.31 bits per heavy atom. The van der Waals surface area contributed by atoms with E-state index in [0.717, 1.165) is 23.4 Å². The van der Waals surface area contributed by atoms with E-state index in [0.29, 0.717) is 13.0 Å². The van der Waals surface area contributed by atoms with Crippen molar-refractivity contribution >= 4 is 11.6 Å². The summed E-state index contributed by atoms with van der Waals surface area (Å²) >= 11 is 0. The number of amides is 1. The summed E-state index contributed by atoms with van der Waals surface area (Å²) in [6, 6.07) is 7.72. The number of rotatable bonds is 2. The molecule has 0 saturated carbocycles. The van der Waals surface area contributed by atoms with Crippen molar-refractivity contribution in [3.05, 3.63) is 29.8 Å². The van der Waals surface area contributed by atoms with Crippen molar-refractivity contribution < 1.29 is 9.53 Å². The summed E-state index contributed by atoms with van der Waals surface area (Å²) in [6.07, 6.45) is 1.16. The quantitative estimate of drug-likeness (QED) is 0.768. The number of hydrazone groups is 1. The van der Waals surface area contributed by atoms with Crippen LogP contribution >= 0.6 is 0 Å². The molecular weight excluding hydrogens is 204 g/mol. The smallest absolute Gasteiger partial charge is 0.239 e. The van der Waals surface area contributed by atoms with Gasteiger partial charge in [0.25, 0.3) is 0 Å². The van der Waals surface area contributed by atoms with Crippen molar-refractivity contribution in [3.63, 3.8) is 0 Å². The number of fused-ring (bicyclic) bond motifs is 1. The number of carbonyl (C=O) groups is 1. The number of ether oxygens (including phenoxy) is 1. The summed E-state index contributed by atoms with van der Waals surface area (Å²) in [5, 5.41) is 4.13. The molecule has 0 aliphatic carbocycles. The molecule has 4 heteroatoms. The molecule has 0 aromatic heterocycles. The molecule has 0 bridgehead atoms. The fraction of sp³-hybridized carbons (Fsp3) is 0.333. The molecule has 4 nitrogen and oxygen atoms in total. The number of para-hydroxylation sites is 1. The van der Waals surface area contributed by atoms with Crippen molar-refractivity contribution in [2.45, 2.75) is 19.8 Å². The molecule has 0 saturated heterocycles. The van der Waals surface area contributed by atoms with Crippen molar-refractivity contribution in [1.82, 2.24) is 5.43 Å². The first-order valence-electron chi connectivity index (χ1n) is 5.39. The molecule has 1 heterocycles. The molecular formula is C12H14N2O2. The minimum Gasteiger partial charge on any atom is -0.492 e. The lowest BCUT2D eigenvalue weighted by atomic mass is 10.0. The minimum atomic E-state index is -0.0727. The van der Waals surface area contributed by atoms with Crippen molar-refractivity contribution in [1.29, 1.82) is 0 Å². The van der Waals surface area contributed by atoms with Gasteiger partial charge in [-0.15, -0.1) is 0 Å². The van der Waals surface area contributed by atoms with Gasteiger partial charge in [0.05, 0.1) is 12.3 Å². The SMILES string of the molecule is CCC(=O)N/N=C1/CCOc2ccccc21. The number of nitrogens with zero attached hydrogens (tertiary/aromatic N) is 1. The molecule has 16 heavy (non-hydrogen) atoms. The average Bonchev–Trinajstić information content (AvgIpc) is 2.35. The molecule has 1 aromatic carbocycles. The summed E-state index contributed by atoms with van der Waals surface area (Å²) in [5.74, 6) is 0.759. The molecule has 84 valence electrons. The highest BCUT2D eigenvalue weighted by atomic mass is 16.5. The van der Waals surface area contributed by atoms with Gasteiger partial charge in [-0.1, -0.05) is 19.1 Å². The lowest BCUT2D eigenvalue weighted by Crippen LogP contribution is -2.22. The number of nitrogens with one attached hydrogen (secondary N) is 1. The molecule has 1 N–H and O–H groups in total. The fourth-order valence-electron chi connectivity index (χ4n) is 1.55. The molecule has 0 radical (unpaired) electrons. The van der Waals surface area contributed by atoms with Crippen molar-refractivity contribution in [3.8, 4) is 5.75 Å². The van der Waals surface area contributed by atoms with Crippen LogP contribution in [0.15, 0.2) is 29.4 Å². The minimum absolute atomic E-state index is 0.0727. The first kappa shape index (κ1) is 10.7. The molecule has 1 aliphatic rings.